The van der Waals surface area contributed by atoms with Crippen LogP contribution in [-0.2, 0) is 4.79 Å². The van der Waals surface area contributed by atoms with Crippen LogP contribution in [0.15, 0.2) is 18.3 Å². The summed E-state index contributed by atoms with van der Waals surface area (Å²) in [6, 6.07) is 4.32. The third kappa shape index (κ3) is 4.20. The zero-order valence-corrected chi connectivity index (χ0v) is 12.1. The molecule has 1 fully saturated rings. The van der Waals surface area contributed by atoms with E-state index in [0.717, 1.165) is 5.69 Å². The normalized spacial score (nSPS) is 22.3. The molecule has 1 aliphatic carbocycles. The fourth-order valence-electron chi connectivity index (χ4n) is 2.63. The van der Waals surface area contributed by atoms with Crippen molar-refractivity contribution in [1.82, 2.24) is 4.98 Å². The van der Waals surface area contributed by atoms with E-state index < -0.39 is 0 Å². The number of carbonyl (C=O) groups is 1. The van der Waals surface area contributed by atoms with Crippen LogP contribution in [0.2, 0.25) is 0 Å². The minimum atomic E-state index is -0.0957. The Morgan fingerprint density at radius 1 is 1.40 bits per heavy atom. The van der Waals surface area contributed by atoms with Crippen LogP contribution in [0.25, 0.3) is 0 Å². The molecule has 1 aromatic heterocycles. The van der Waals surface area contributed by atoms with Crippen molar-refractivity contribution in [3.63, 3.8) is 0 Å². The number of hydrogen-bond acceptors (Lipinski definition) is 4. The minimum absolute atomic E-state index is 0.0957. The summed E-state index contributed by atoms with van der Waals surface area (Å²) >= 11 is 0. The van der Waals surface area contributed by atoms with Gasteiger partial charge in [0, 0.05) is 19.0 Å². The van der Waals surface area contributed by atoms with E-state index in [1.807, 2.05) is 12.1 Å². The summed E-state index contributed by atoms with van der Waals surface area (Å²) in [6.45, 7) is 2.65. The quantitative estimate of drug-likeness (QED) is 0.771. The number of nitrogens with zero attached hydrogens (tertiary/aromatic N) is 1. The summed E-state index contributed by atoms with van der Waals surface area (Å²) in [6.07, 6.45) is 7.24. The first kappa shape index (κ1) is 14.8. The van der Waals surface area contributed by atoms with Gasteiger partial charge in [-0.05, 0) is 30.9 Å². The Morgan fingerprint density at radius 3 is 2.85 bits per heavy atom. The number of anilines is 2. The first-order chi connectivity index (χ1) is 9.69. The second kappa shape index (κ2) is 7.24. The van der Waals surface area contributed by atoms with Crippen molar-refractivity contribution in [3.8, 4) is 0 Å². The maximum absolute atomic E-state index is 11.4. The third-order valence-electron chi connectivity index (χ3n) is 3.87. The second-order valence-corrected chi connectivity index (χ2v) is 5.53. The van der Waals surface area contributed by atoms with E-state index in [4.69, 9.17) is 5.73 Å². The highest BCUT2D eigenvalue weighted by molar-refractivity contribution is 5.89. The van der Waals surface area contributed by atoms with Crippen LogP contribution in [-0.4, -0.2) is 23.5 Å². The summed E-state index contributed by atoms with van der Waals surface area (Å²) in [5, 5.41) is 6.27. The lowest BCUT2D eigenvalue weighted by molar-refractivity contribution is -0.116. The molecular formula is C15H24N4O. The predicted octanol–water partition coefficient (Wildman–Crippen LogP) is 2.36. The zero-order chi connectivity index (χ0) is 14.4. The number of nitrogens with two attached hydrogens (primary N) is 1. The Labute approximate surface area is 120 Å². The van der Waals surface area contributed by atoms with Crippen LogP contribution in [0.1, 0.15) is 39.0 Å². The van der Waals surface area contributed by atoms with Crippen LogP contribution in [0.3, 0.4) is 0 Å². The number of amides is 1. The van der Waals surface area contributed by atoms with Crippen molar-refractivity contribution in [3.05, 3.63) is 18.3 Å². The van der Waals surface area contributed by atoms with E-state index in [2.05, 4.69) is 22.5 Å². The van der Waals surface area contributed by atoms with Gasteiger partial charge in [-0.15, -0.1) is 0 Å². The van der Waals surface area contributed by atoms with Crippen molar-refractivity contribution >= 4 is 17.4 Å². The highest BCUT2D eigenvalue weighted by atomic mass is 16.1. The monoisotopic (exact) mass is 276 g/mol. The lowest BCUT2D eigenvalue weighted by Crippen LogP contribution is -2.30. The molecule has 5 nitrogen and oxygen atoms in total. The second-order valence-electron chi connectivity index (χ2n) is 5.53. The van der Waals surface area contributed by atoms with Crippen LogP contribution < -0.4 is 16.4 Å². The Hall–Kier alpha value is -1.62. The molecule has 1 amide bonds. The molecular weight excluding hydrogens is 252 g/mol. The Balaban J connectivity index is 1.89. The fourth-order valence-corrected chi connectivity index (χ4v) is 2.63. The molecule has 1 aromatic rings. The summed E-state index contributed by atoms with van der Waals surface area (Å²) in [7, 11) is 0. The van der Waals surface area contributed by atoms with Gasteiger partial charge in [0.15, 0.2) is 0 Å². The molecule has 4 N–H and O–H groups in total. The van der Waals surface area contributed by atoms with Crippen LogP contribution in [0.5, 0.6) is 0 Å². The Morgan fingerprint density at radius 2 is 2.20 bits per heavy atom. The molecule has 20 heavy (non-hydrogen) atoms. The molecule has 0 saturated heterocycles. The van der Waals surface area contributed by atoms with Gasteiger partial charge in [0.25, 0.3) is 0 Å². The van der Waals surface area contributed by atoms with Gasteiger partial charge in [-0.3, -0.25) is 4.79 Å². The number of aromatic nitrogens is 1. The molecule has 2 rings (SSSR count). The van der Waals surface area contributed by atoms with Gasteiger partial charge < -0.3 is 16.4 Å². The first-order valence-corrected chi connectivity index (χ1v) is 7.41. The fraction of sp³-hybridized carbons (Fsp3) is 0.600. The van der Waals surface area contributed by atoms with Crippen molar-refractivity contribution in [2.75, 3.05) is 17.2 Å². The van der Waals surface area contributed by atoms with Gasteiger partial charge in [-0.2, -0.15) is 0 Å². The zero-order valence-electron chi connectivity index (χ0n) is 12.1. The van der Waals surface area contributed by atoms with Gasteiger partial charge in [0.05, 0.1) is 11.9 Å². The van der Waals surface area contributed by atoms with Crippen LogP contribution in [0.4, 0.5) is 11.5 Å². The number of nitrogens with one attached hydrogen (secondary N) is 2. The molecule has 5 heteroatoms. The molecule has 0 aromatic carbocycles. The van der Waals surface area contributed by atoms with E-state index in [1.165, 1.54) is 25.7 Å². The predicted molar refractivity (Wildman–Crippen MR) is 81.6 cm³/mol. The molecule has 0 spiro atoms. The van der Waals surface area contributed by atoms with Gasteiger partial charge in [-0.25, -0.2) is 4.98 Å². The molecule has 0 bridgehead atoms. The highest BCUT2D eigenvalue weighted by Crippen LogP contribution is 2.26. The largest absolute Gasteiger partial charge is 0.381 e. The number of carbonyl (C=O) groups excluding carboxylic acids is 1. The lowest BCUT2D eigenvalue weighted by Gasteiger charge is -2.30. The van der Waals surface area contributed by atoms with Crippen molar-refractivity contribution in [2.45, 2.75) is 45.1 Å². The van der Waals surface area contributed by atoms with E-state index in [0.29, 0.717) is 30.7 Å². The number of hydrogen-bond donors (Lipinski definition) is 3. The van der Waals surface area contributed by atoms with Crippen molar-refractivity contribution in [2.24, 2.45) is 11.7 Å². The van der Waals surface area contributed by atoms with E-state index >= 15 is 0 Å². The molecule has 1 aliphatic rings. The van der Waals surface area contributed by atoms with Crippen molar-refractivity contribution in [1.29, 1.82) is 0 Å². The number of pyridine rings is 1. The topological polar surface area (TPSA) is 80.0 Å². The molecule has 0 radical (unpaired) electrons. The maximum Gasteiger partial charge on any atom is 0.226 e. The number of rotatable bonds is 5. The third-order valence-corrected chi connectivity index (χ3v) is 3.87. The maximum atomic E-state index is 11.4. The standard InChI is InChI=1S/C15H24N4O/c1-11-4-2-3-5-13(11)18-12-6-7-14(17-10-12)19-15(20)8-9-16/h6-7,10-11,13,18H,2-5,8-9,16H2,1H3,(H,17,19,20). The Kier molecular flexibility index (Phi) is 5.35. The van der Waals surface area contributed by atoms with Gasteiger partial charge in [0.2, 0.25) is 5.91 Å². The average Bonchev–Trinajstić information content (AvgIpc) is 2.44. The van der Waals surface area contributed by atoms with Gasteiger partial charge in [0.1, 0.15) is 5.82 Å². The molecule has 110 valence electrons. The summed E-state index contributed by atoms with van der Waals surface area (Å²) < 4.78 is 0. The van der Waals surface area contributed by atoms with Gasteiger partial charge >= 0.3 is 0 Å². The summed E-state index contributed by atoms with van der Waals surface area (Å²) in [5.41, 5.74) is 6.35. The van der Waals surface area contributed by atoms with E-state index in [1.54, 1.807) is 6.20 Å². The summed E-state index contributed by atoms with van der Waals surface area (Å²) in [5.74, 6) is 1.18. The van der Waals surface area contributed by atoms with Crippen LogP contribution >= 0.6 is 0 Å². The smallest absolute Gasteiger partial charge is 0.226 e. The first-order valence-electron chi connectivity index (χ1n) is 7.41. The Bertz CT molecular complexity index is 432. The summed E-state index contributed by atoms with van der Waals surface area (Å²) in [4.78, 5) is 15.7. The van der Waals surface area contributed by atoms with Crippen molar-refractivity contribution < 1.29 is 4.79 Å². The molecule has 1 heterocycles. The molecule has 2 unspecified atom stereocenters. The molecule has 0 aliphatic heterocycles. The average molecular weight is 276 g/mol. The molecule has 2 atom stereocenters. The van der Waals surface area contributed by atoms with E-state index in [-0.39, 0.29) is 5.91 Å². The minimum Gasteiger partial charge on any atom is -0.381 e. The van der Waals surface area contributed by atoms with Gasteiger partial charge in [-0.1, -0.05) is 19.8 Å². The highest BCUT2D eigenvalue weighted by Gasteiger charge is 2.20. The SMILES string of the molecule is CC1CCCCC1Nc1ccc(NC(=O)CCN)nc1. The lowest BCUT2D eigenvalue weighted by atomic mass is 9.86. The van der Waals surface area contributed by atoms with Crippen LogP contribution in [0, 0.1) is 5.92 Å². The molecule has 1 saturated carbocycles. The van der Waals surface area contributed by atoms with E-state index in [9.17, 15) is 4.79 Å².